The Morgan fingerprint density at radius 1 is 0.974 bits per heavy atom. The lowest BCUT2D eigenvalue weighted by atomic mass is 9.69. The van der Waals surface area contributed by atoms with E-state index >= 15 is 0 Å². The minimum atomic E-state index is -1.36. The average Bonchev–Trinajstić information content (AvgIpc) is 2.86. The van der Waals surface area contributed by atoms with Crippen LogP contribution in [-0.2, 0) is 21.4 Å². The Hall–Kier alpha value is -2.90. The van der Waals surface area contributed by atoms with E-state index in [9.17, 15) is 14.7 Å². The van der Waals surface area contributed by atoms with Crippen LogP contribution in [0.15, 0.2) is 36.4 Å². The van der Waals surface area contributed by atoms with E-state index in [-0.39, 0.29) is 23.5 Å². The summed E-state index contributed by atoms with van der Waals surface area (Å²) >= 11 is 0. The topological polar surface area (TPSA) is 116 Å². The summed E-state index contributed by atoms with van der Waals surface area (Å²) < 4.78 is 5.66. The van der Waals surface area contributed by atoms with E-state index in [1.807, 2.05) is 19.1 Å². The number of hydrogen-bond acceptors (Lipinski definition) is 5. The normalized spacial score (nSPS) is 13.6. The molecule has 0 saturated heterocycles. The second-order valence-corrected chi connectivity index (χ2v) is 11.3. The molecular formula is C31H45NO6. The number of ether oxygens (including phenoxy) is 1. The molecule has 0 saturated carbocycles. The number of aliphatic hydroxyl groups excluding tert-OH is 2. The largest absolute Gasteiger partial charge is 0.484 e. The van der Waals surface area contributed by atoms with Crippen LogP contribution in [-0.4, -0.2) is 52.6 Å². The van der Waals surface area contributed by atoms with Crippen molar-refractivity contribution >= 4 is 11.9 Å². The van der Waals surface area contributed by atoms with Gasteiger partial charge < -0.3 is 25.4 Å². The molecule has 1 unspecified atom stereocenters. The fraction of sp³-hybridized carbons (Fsp3) is 0.548. The first-order valence-electron chi connectivity index (χ1n) is 13.4. The molecule has 0 heterocycles. The molecule has 7 nitrogen and oxygen atoms in total. The highest BCUT2D eigenvalue weighted by atomic mass is 16.5. The van der Waals surface area contributed by atoms with Gasteiger partial charge in [0.1, 0.15) is 11.8 Å². The summed E-state index contributed by atoms with van der Waals surface area (Å²) in [5, 5.41) is 30.8. The number of aliphatic hydroxyl groups is 2. The number of rotatable bonds is 13. The maximum atomic E-state index is 12.1. The molecule has 0 aromatic heterocycles. The summed E-state index contributed by atoms with van der Waals surface area (Å²) in [6.07, 6.45) is 3.02. The van der Waals surface area contributed by atoms with Gasteiger partial charge in [0, 0.05) is 5.41 Å². The quantitative estimate of drug-likeness (QED) is 0.300. The lowest BCUT2D eigenvalue weighted by Gasteiger charge is -2.34. The number of benzene rings is 2. The second kappa shape index (κ2) is 13.3. The molecule has 7 heteroatoms. The Morgan fingerprint density at radius 2 is 1.55 bits per heavy atom. The Balaban J connectivity index is 2.23. The summed E-state index contributed by atoms with van der Waals surface area (Å²) in [6.45, 7) is 13.6. The molecule has 0 radical (unpaired) electrons. The number of carbonyl (C=O) groups is 2. The predicted molar refractivity (Wildman–Crippen MR) is 150 cm³/mol. The zero-order valence-corrected chi connectivity index (χ0v) is 23.9. The van der Waals surface area contributed by atoms with Crippen molar-refractivity contribution in [3.05, 3.63) is 64.2 Å². The van der Waals surface area contributed by atoms with Crippen LogP contribution in [0.2, 0.25) is 0 Å². The highest BCUT2D eigenvalue weighted by Gasteiger charge is 2.32. The highest BCUT2D eigenvalue weighted by molar-refractivity contribution is 5.84. The second-order valence-electron chi connectivity index (χ2n) is 11.3. The van der Waals surface area contributed by atoms with Crippen molar-refractivity contribution in [2.24, 2.45) is 5.41 Å². The summed E-state index contributed by atoms with van der Waals surface area (Å²) in [5.74, 6) is -1.37. The molecule has 0 bridgehead atoms. The van der Waals surface area contributed by atoms with Gasteiger partial charge in [-0.3, -0.25) is 4.79 Å². The first-order chi connectivity index (χ1) is 17.8. The van der Waals surface area contributed by atoms with E-state index in [1.54, 1.807) is 0 Å². The van der Waals surface area contributed by atoms with Crippen LogP contribution in [0.5, 0.6) is 5.75 Å². The molecule has 0 fully saturated rings. The van der Waals surface area contributed by atoms with Crippen LogP contribution in [0.4, 0.5) is 0 Å². The number of hydrogen-bond donors (Lipinski definition) is 4. The fourth-order valence-electron chi connectivity index (χ4n) is 4.91. The van der Waals surface area contributed by atoms with Gasteiger partial charge in [0.2, 0.25) is 0 Å². The van der Waals surface area contributed by atoms with E-state index in [0.29, 0.717) is 5.75 Å². The van der Waals surface area contributed by atoms with Gasteiger partial charge in [0.05, 0.1) is 12.7 Å². The van der Waals surface area contributed by atoms with Crippen LogP contribution >= 0.6 is 0 Å². The van der Waals surface area contributed by atoms with Gasteiger partial charge in [0.25, 0.3) is 5.91 Å². The molecule has 0 spiro atoms. The molecule has 2 aromatic rings. The lowest BCUT2D eigenvalue weighted by Crippen LogP contribution is -2.45. The van der Waals surface area contributed by atoms with Gasteiger partial charge in [-0.15, -0.1) is 0 Å². The predicted octanol–water partition coefficient (Wildman–Crippen LogP) is 4.69. The monoisotopic (exact) mass is 527 g/mol. The molecule has 0 aliphatic rings. The smallest absolute Gasteiger partial charge is 0.328 e. The molecule has 2 rings (SSSR count). The van der Waals surface area contributed by atoms with E-state index < -0.39 is 24.5 Å². The number of aryl methyl sites for hydroxylation is 3. The Bertz CT molecular complexity index is 1100. The number of amides is 1. The van der Waals surface area contributed by atoms with Gasteiger partial charge in [0.15, 0.2) is 6.61 Å². The molecule has 0 aliphatic heterocycles. The van der Waals surface area contributed by atoms with Crippen LogP contribution in [0.3, 0.4) is 0 Å². The summed E-state index contributed by atoms with van der Waals surface area (Å²) in [7, 11) is 0. The van der Waals surface area contributed by atoms with Crippen LogP contribution in [0.1, 0.15) is 81.7 Å². The zero-order chi connectivity index (χ0) is 28.7. The van der Waals surface area contributed by atoms with Crippen LogP contribution < -0.4 is 10.1 Å². The third-order valence-corrected chi connectivity index (χ3v) is 7.69. The molecule has 2 aromatic carbocycles. The van der Waals surface area contributed by atoms with Crippen molar-refractivity contribution < 1.29 is 29.6 Å². The number of nitrogens with one attached hydrogen (secondary N) is 1. The summed E-state index contributed by atoms with van der Waals surface area (Å²) in [5.41, 5.74) is 5.44. The maximum absolute atomic E-state index is 12.1. The number of aliphatic carboxylic acids is 1. The molecular weight excluding hydrogens is 482 g/mol. The number of carboxylic acid groups (broad SMARTS) is 1. The van der Waals surface area contributed by atoms with Crippen molar-refractivity contribution in [3.63, 3.8) is 0 Å². The number of carboxylic acids is 1. The minimum Gasteiger partial charge on any atom is -0.484 e. The third-order valence-electron chi connectivity index (χ3n) is 7.69. The maximum Gasteiger partial charge on any atom is 0.328 e. The van der Waals surface area contributed by atoms with Crippen molar-refractivity contribution in [2.45, 2.75) is 91.7 Å². The molecule has 1 amide bonds. The van der Waals surface area contributed by atoms with Crippen molar-refractivity contribution in [1.82, 2.24) is 5.32 Å². The molecule has 38 heavy (non-hydrogen) atoms. The summed E-state index contributed by atoms with van der Waals surface area (Å²) in [6, 6.07) is 11.3. The van der Waals surface area contributed by atoms with Gasteiger partial charge in [-0.1, -0.05) is 65.0 Å². The summed E-state index contributed by atoms with van der Waals surface area (Å²) in [4.78, 5) is 23.1. The SMILES string of the molecule is CCC(CC)(c1ccc(CC[C@H](O)C(C)(C)C)c(C)c1)c1ccc(OCC(=O)NC(CO)C(=O)O)c(C)c1. The van der Waals surface area contributed by atoms with Gasteiger partial charge in [-0.2, -0.15) is 0 Å². The third kappa shape index (κ3) is 7.58. The molecule has 4 N–H and O–H groups in total. The Morgan fingerprint density at radius 3 is 2.03 bits per heavy atom. The Kier molecular flexibility index (Phi) is 10.9. The van der Waals surface area contributed by atoms with Gasteiger partial charge >= 0.3 is 5.97 Å². The van der Waals surface area contributed by atoms with E-state index in [4.69, 9.17) is 14.9 Å². The van der Waals surface area contributed by atoms with E-state index in [2.05, 4.69) is 71.1 Å². The van der Waals surface area contributed by atoms with Crippen LogP contribution in [0.25, 0.3) is 0 Å². The van der Waals surface area contributed by atoms with Crippen LogP contribution in [0, 0.1) is 19.3 Å². The van der Waals surface area contributed by atoms with Crippen molar-refractivity contribution in [1.29, 1.82) is 0 Å². The lowest BCUT2D eigenvalue weighted by molar-refractivity contribution is -0.143. The van der Waals surface area contributed by atoms with Crippen molar-refractivity contribution in [2.75, 3.05) is 13.2 Å². The highest BCUT2D eigenvalue weighted by Crippen LogP contribution is 2.41. The first kappa shape index (κ1) is 31.3. The van der Waals surface area contributed by atoms with E-state index in [1.165, 1.54) is 22.3 Å². The van der Waals surface area contributed by atoms with Gasteiger partial charge in [-0.25, -0.2) is 4.79 Å². The first-order valence-corrected chi connectivity index (χ1v) is 13.4. The van der Waals surface area contributed by atoms with Gasteiger partial charge in [-0.05, 0) is 78.8 Å². The average molecular weight is 528 g/mol. The molecule has 0 aliphatic carbocycles. The zero-order valence-electron chi connectivity index (χ0n) is 23.9. The Labute approximate surface area is 227 Å². The van der Waals surface area contributed by atoms with Crippen molar-refractivity contribution in [3.8, 4) is 5.75 Å². The van der Waals surface area contributed by atoms with E-state index in [0.717, 1.165) is 31.2 Å². The molecule has 2 atom stereocenters. The molecule has 210 valence electrons. The number of carbonyl (C=O) groups excluding carboxylic acids is 1. The fourth-order valence-corrected chi connectivity index (χ4v) is 4.91. The minimum absolute atomic E-state index is 0.134. The standard InChI is InChI=1S/C31H45NO6/c1-8-31(9-2,23-12-10-22(20(3)16-23)11-15-27(34)30(5,6)7)24-13-14-26(21(4)17-24)38-19-28(35)32-25(18-33)29(36)37/h10,12-14,16-17,25,27,33-34H,8-9,11,15,18-19H2,1-7H3,(H,32,35)(H,36,37)/t25?,27-/m0/s1.